The zero-order valence-electron chi connectivity index (χ0n) is 9.16. The number of anilines is 1. The molecule has 1 heterocycles. The number of hydrogen-bond acceptors (Lipinski definition) is 3. The smallest absolute Gasteiger partial charge is 0.240 e. The molecule has 0 unspecified atom stereocenters. The van der Waals surface area contributed by atoms with E-state index >= 15 is 0 Å². The molecular weight excluding hydrogens is 202 g/mol. The maximum Gasteiger partial charge on any atom is 0.240 e. The van der Waals surface area contributed by atoms with Gasteiger partial charge in [0.2, 0.25) is 5.91 Å². The number of benzene rings is 1. The summed E-state index contributed by atoms with van der Waals surface area (Å²) < 4.78 is 0. The van der Waals surface area contributed by atoms with Crippen LogP contribution in [0.2, 0.25) is 0 Å². The van der Waals surface area contributed by atoms with Gasteiger partial charge in [-0.05, 0) is 30.7 Å². The molecule has 1 aliphatic heterocycles. The van der Waals surface area contributed by atoms with Crippen LogP contribution in [0.15, 0.2) is 18.2 Å². The maximum absolute atomic E-state index is 11.5. The topological polar surface area (TPSA) is 56.1 Å². The number of carbonyl (C=O) groups excluding carboxylic acids is 1. The third-order valence-corrected chi connectivity index (χ3v) is 2.72. The number of fused-ring (bicyclic) bond motifs is 1. The summed E-state index contributed by atoms with van der Waals surface area (Å²) in [4.78, 5) is 12.7. The van der Waals surface area contributed by atoms with Crippen molar-refractivity contribution in [2.45, 2.75) is 19.4 Å². The molecule has 0 aromatic heterocycles. The van der Waals surface area contributed by atoms with Crippen molar-refractivity contribution in [3.8, 4) is 6.19 Å². The lowest BCUT2D eigenvalue weighted by Gasteiger charge is -2.23. The van der Waals surface area contributed by atoms with Crippen LogP contribution in [0.4, 0.5) is 5.69 Å². The molecular formula is C12H13N3O. The van der Waals surface area contributed by atoms with E-state index in [1.165, 1.54) is 10.5 Å². The molecule has 0 fully saturated rings. The number of rotatable bonds is 2. The summed E-state index contributed by atoms with van der Waals surface area (Å²) in [7, 11) is 1.89. The molecule has 82 valence electrons. The Morgan fingerprint density at radius 3 is 3.00 bits per heavy atom. The Hall–Kier alpha value is -1.86. The van der Waals surface area contributed by atoms with Crippen LogP contribution in [0, 0.1) is 11.5 Å². The number of carbonyl (C=O) groups is 1. The number of nitriles is 1. The van der Waals surface area contributed by atoms with Crippen LogP contribution in [-0.2, 0) is 17.8 Å². The van der Waals surface area contributed by atoms with Crippen molar-refractivity contribution in [2.24, 2.45) is 0 Å². The lowest BCUT2D eigenvalue weighted by Crippen LogP contribution is -2.30. The Balaban J connectivity index is 2.39. The Bertz CT molecular complexity index is 462. The van der Waals surface area contributed by atoms with Gasteiger partial charge in [0.05, 0.1) is 5.69 Å². The van der Waals surface area contributed by atoms with Crippen molar-refractivity contribution in [3.05, 3.63) is 29.3 Å². The fourth-order valence-electron chi connectivity index (χ4n) is 1.97. The highest BCUT2D eigenvalue weighted by Gasteiger charge is 2.23. The van der Waals surface area contributed by atoms with Gasteiger partial charge in [0, 0.05) is 13.0 Å². The van der Waals surface area contributed by atoms with Gasteiger partial charge in [-0.3, -0.25) is 4.79 Å². The number of aryl methyl sites for hydroxylation is 1. The Morgan fingerprint density at radius 2 is 2.31 bits per heavy atom. The molecule has 1 N–H and O–H groups in total. The monoisotopic (exact) mass is 215 g/mol. The molecule has 0 aliphatic carbocycles. The molecule has 4 nitrogen and oxygen atoms in total. The van der Waals surface area contributed by atoms with Crippen molar-refractivity contribution in [1.29, 1.82) is 5.26 Å². The third-order valence-electron chi connectivity index (χ3n) is 2.72. The van der Waals surface area contributed by atoms with Crippen LogP contribution < -0.4 is 10.2 Å². The number of nitrogens with one attached hydrogen (secondary N) is 1. The fourth-order valence-corrected chi connectivity index (χ4v) is 1.97. The van der Waals surface area contributed by atoms with Gasteiger partial charge in [-0.25, -0.2) is 4.90 Å². The molecule has 0 saturated heterocycles. The molecule has 4 heteroatoms. The van der Waals surface area contributed by atoms with Gasteiger partial charge in [0.15, 0.2) is 6.19 Å². The van der Waals surface area contributed by atoms with E-state index in [2.05, 4.69) is 11.4 Å². The summed E-state index contributed by atoms with van der Waals surface area (Å²) in [5.74, 6) is -0.114. The van der Waals surface area contributed by atoms with E-state index in [9.17, 15) is 4.79 Å². The van der Waals surface area contributed by atoms with E-state index in [0.29, 0.717) is 6.42 Å². The largest absolute Gasteiger partial charge is 0.316 e. The summed E-state index contributed by atoms with van der Waals surface area (Å²) >= 11 is 0. The standard InChI is InChI=1S/C12H13N3O/c1-14-7-9-2-4-11-10(6-9)3-5-12(16)15(11)8-13/h2,4,6,14H,3,5,7H2,1H3. The summed E-state index contributed by atoms with van der Waals surface area (Å²) in [5.41, 5.74) is 2.99. The first-order valence-corrected chi connectivity index (χ1v) is 5.25. The van der Waals surface area contributed by atoms with Gasteiger partial charge in [-0.2, -0.15) is 5.26 Å². The lowest BCUT2D eigenvalue weighted by molar-refractivity contribution is -0.118. The summed E-state index contributed by atoms with van der Waals surface area (Å²) in [6, 6.07) is 5.85. The van der Waals surface area contributed by atoms with Gasteiger partial charge < -0.3 is 5.32 Å². The average Bonchev–Trinajstić information content (AvgIpc) is 2.30. The molecule has 0 spiro atoms. The lowest BCUT2D eigenvalue weighted by atomic mass is 9.99. The molecule has 0 saturated carbocycles. The molecule has 1 aliphatic rings. The molecule has 2 rings (SSSR count). The molecule has 0 bridgehead atoms. The SMILES string of the molecule is CNCc1ccc2c(c1)CCC(=O)N2C#N. The first kappa shape index (κ1) is 10.7. The Kier molecular flexibility index (Phi) is 2.88. The second-order valence-electron chi connectivity index (χ2n) is 3.82. The minimum atomic E-state index is -0.114. The highest BCUT2D eigenvalue weighted by atomic mass is 16.2. The average molecular weight is 215 g/mol. The van der Waals surface area contributed by atoms with Crippen LogP contribution in [0.5, 0.6) is 0 Å². The fraction of sp³-hybridized carbons (Fsp3) is 0.333. The second-order valence-corrected chi connectivity index (χ2v) is 3.82. The van der Waals surface area contributed by atoms with Gasteiger partial charge in [-0.15, -0.1) is 0 Å². The number of hydrogen-bond donors (Lipinski definition) is 1. The second kappa shape index (κ2) is 4.33. The van der Waals surface area contributed by atoms with E-state index < -0.39 is 0 Å². The molecule has 1 aromatic carbocycles. The van der Waals surface area contributed by atoms with Crippen molar-refractivity contribution >= 4 is 11.6 Å². The van der Waals surface area contributed by atoms with Crippen LogP contribution in [-0.4, -0.2) is 13.0 Å². The summed E-state index contributed by atoms with van der Waals surface area (Å²) in [5, 5.41) is 12.0. The minimum absolute atomic E-state index is 0.114. The number of nitrogens with zero attached hydrogens (tertiary/aromatic N) is 2. The maximum atomic E-state index is 11.5. The van der Waals surface area contributed by atoms with E-state index in [-0.39, 0.29) is 5.91 Å². The van der Waals surface area contributed by atoms with E-state index in [0.717, 1.165) is 24.2 Å². The first-order valence-electron chi connectivity index (χ1n) is 5.25. The summed E-state index contributed by atoms with van der Waals surface area (Å²) in [6.07, 6.45) is 3.08. The normalized spacial score (nSPS) is 14.5. The predicted molar refractivity (Wildman–Crippen MR) is 60.6 cm³/mol. The van der Waals surface area contributed by atoms with Crippen molar-refractivity contribution in [3.63, 3.8) is 0 Å². The van der Waals surface area contributed by atoms with Crippen molar-refractivity contribution in [1.82, 2.24) is 5.32 Å². The predicted octanol–water partition coefficient (Wildman–Crippen LogP) is 1.17. The van der Waals surface area contributed by atoms with Crippen molar-refractivity contribution < 1.29 is 4.79 Å². The molecule has 0 atom stereocenters. The Labute approximate surface area is 94.5 Å². The number of amides is 1. The molecule has 0 radical (unpaired) electrons. The highest BCUT2D eigenvalue weighted by molar-refractivity contribution is 5.98. The molecule has 16 heavy (non-hydrogen) atoms. The third kappa shape index (κ3) is 1.77. The van der Waals surface area contributed by atoms with Crippen LogP contribution in [0.1, 0.15) is 17.5 Å². The Morgan fingerprint density at radius 1 is 1.50 bits per heavy atom. The van der Waals surface area contributed by atoms with Gasteiger partial charge in [0.25, 0.3) is 0 Å². The van der Waals surface area contributed by atoms with Crippen LogP contribution in [0.3, 0.4) is 0 Å². The zero-order valence-corrected chi connectivity index (χ0v) is 9.16. The first-order chi connectivity index (χ1) is 7.76. The minimum Gasteiger partial charge on any atom is -0.316 e. The van der Waals surface area contributed by atoms with Crippen LogP contribution >= 0.6 is 0 Å². The van der Waals surface area contributed by atoms with Crippen molar-refractivity contribution in [2.75, 3.05) is 11.9 Å². The quantitative estimate of drug-likeness (QED) is 0.753. The van der Waals surface area contributed by atoms with Gasteiger partial charge >= 0.3 is 0 Å². The van der Waals surface area contributed by atoms with Crippen LogP contribution in [0.25, 0.3) is 0 Å². The van der Waals surface area contributed by atoms with E-state index in [4.69, 9.17) is 5.26 Å². The van der Waals surface area contributed by atoms with Gasteiger partial charge in [-0.1, -0.05) is 12.1 Å². The van der Waals surface area contributed by atoms with E-state index in [1.54, 1.807) is 0 Å². The zero-order chi connectivity index (χ0) is 11.5. The van der Waals surface area contributed by atoms with E-state index in [1.807, 2.05) is 25.4 Å². The summed E-state index contributed by atoms with van der Waals surface area (Å²) in [6.45, 7) is 0.799. The highest BCUT2D eigenvalue weighted by Crippen LogP contribution is 2.28. The molecule has 1 amide bonds. The van der Waals surface area contributed by atoms with Gasteiger partial charge in [0.1, 0.15) is 0 Å². The molecule has 1 aromatic rings.